The minimum absolute atomic E-state index is 0.270. The van der Waals surface area contributed by atoms with Crippen LogP contribution in [0.4, 0.5) is 0 Å². The molecule has 3 unspecified atom stereocenters. The minimum Gasteiger partial charge on any atom is -0.337 e. The van der Waals surface area contributed by atoms with Crippen LogP contribution >= 0.6 is 11.8 Å². The fourth-order valence-electron chi connectivity index (χ4n) is 3.65. The summed E-state index contributed by atoms with van der Waals surface area (Å²) in [7, 11) is 0. The van der Waals surface area contributed by atoms with E-state index in [-0.39, 0.29) is 5.25 Å². The molecule has 1 N–H and O–H groups in total. The summed E-state index contributed by atoms with van der Waals surface area (Å²) in [5.74, 6) is 1.62. The van der Waals surface area contributed by atoms with Crippen LogP contribution in [0.5, 0.6) is 0 Å². The molecule has 0 radical (unpaired) electrons. The second-order valence-electron chi connectivity index (χ2n) is 5.80. The molecule has 102 valence electrons. The summed E-state index contributed by atoms with van der Waals surface area (Å²) >= 11 is 1.88. The molecule has 3 atom stereocenters. The third-order valence-corrected chi connectivity index (χ3v) is 5.96. The number of nitrogens with zero attached hydrogens (tertiary/aromatic N) is 1. The Morgan fingerprint density at radius 3 is 2.78 bits per heavy atom. The Morgan fingerprint density at radius 2 is 2.06 bits per heavy atom. The Bertz CT molecular complexity index is 298. The number of amides is 1. The number of carbonyl (C=O) groups excluding carboxylic acids is 1. The normalized spacial score (nSPS) is 37.1. The van der Waals surface area contributed by atoms with Gasteiger partial charge in [0.05, 0.1) is 5.25 Å². The van der Waals surface area contributed by atoms with Crippen molar-refractivity contribution in [3.05, 3.63) is 0 Å². The van der Waals surface area contributed by atoms with Crippen molar-refractivity contribution in [3.63, 3.8) is 0 Å². The molecule has 3 heterocycles. The fourth-order valence-corrected chi connectivity index (χ4v) is 4.88. The fraction of sp³-hybridized carbons (Fsp3) is 0.929. The molecule has 0 aromatic carbocycles. The van der Waals surface area contributed by atoms with Crippen molar-refractivity contribution in [3.8, 4) is 0 Å². The predicted molar refractivity (Wildman–Crippen MR) is 75.9 cm³/mol. The van der Waals surface area contributed by atoms with Crippen molar-refractivity contribution in [2.45, 2.75) is 62.3 Å². The van der Waals surface area contributed by atoms with Gasteiger partial charge in [-0.2, -0.15) is 0 Å². The Balaban J connectivity index is 1.68. The highest BCUT2D eigenvalue weighted by Gasteiger charge is 2.37. The second-order valence-corrected chi connectivity index (χ2v) is 7.11. The molecule has 0 aromatic heterocycles. The van der Waals surface area contributed by atoms with Gasteiger partial charge in [0.25, 0.3) is 0 Å². The largest absolute Gasteiger partial charge is 0.337 e. The minimum atomic E-state index is 0.270. The molecule has 3 aliphatic rings. The number of likely N-dealkylation sites (tertiary alicyclic amines) is 1. The van der Waals surface area contributed by atoms with E-state index in [1.54, 1.807) is 0 Å². The Labute approximate surface area is 114 Å². The van der Waals surface area contributed by atoms with Gasteiger partial charge in [0.2, 0.25) is 5.91 Å². The molecule has 3 fully saturated rings. The lowest BCUT2D eigenvalue weighted by Crippen LogP contribution is -2.54. The van der Waals surface area contributed by atoms with Crippen LogP contribution in [0.2, 0.25) is 0 Å². The molecule has 3 saturated heterocycles. The van der Waals surface area contributed by atoms with Crippen LogP contribution in [-0.4, -0.2) is 47.0 Å². The molecule has 3 rings (SSSR count). The van der Waals surface area contributed by atoms with Crippen LogP contribution in [0.1, 0.15) is 44.9 Å². The summed E-state index contributed by atoms with van der Waals surface area (Å²) in [5.41, 5.74) is 0. The summed E-state index contributed by atoms with van der Waals surface area (Å²) in [6.45, 7) is 2.14. The monoisotopic (exact) mass is 268 g/mol. The molecule has 0 saturated carbocycles. The maximum atomic E-state index is 12.6. The van der Waals surface area contributed by atoms with E-state index < -0.39 is 0 Å². The number of nitrogens with one attached hydrogen (secondary N) is 1. The van der Waals surface area contributed by atoms with Crippen molar-refractivity contribution in [1.82, 2.24) is 10.2 Å². The van der Waals surface area contributed by atoms with E-state index in [0.29, 0.717) is 18.0 Å². The lowest BCUT2D eigenvalue weighted by atomic mass is 9.94. The maximum absolute atomic E-state index is 12.6. The van der Waals surface area contributed by atoms with E-state index in [2.05, 4.69) is 10.2 Å². The highest BCUT2D eigenvalue weighted by Crippen LogP contribution is 2.31. The van der Waals surface area contributed by atoms with Crippen molar-refractivity contribution in [2.24, 2.45) is 0 Å². The number of rotatable bonds is 2. The lowest BCUT2D eigenvalue weighted by molar-refractivity contribution is -0.135. The van der Waals surface area contributed by atoms with Gasteiger partial charge in [-0.1, -0.05) is 0 Å². The molecule has 0 aliphatic carbocycles. The van der Waals surface area contributed by atoms with Crippen LogP contribution in [0.3, 0.4) is 0 Å². The van der Waals surface area contributed by atoms with Crippen molar-refractivity contribution >= 4 is 17.7 Å². The number of thioether (sulfide) groups is 1. The number of hydrogen-bond acceptors (Lipinski definition) is 3. The smallest absolute Gasteiger partial charge is 0.235 e. The molecular formula is C14H24N2OS. The summed E-state index contributed by atoms with van der Waals surface area (Å²) in [5, 5.41) is 3.87. The molecule has 0 spiro atoms. The summed E-state index contributed by atoms with van der Waals surface area (Å²) in [6.07, 6.45) is 8.57. The summed E-state index contributed by atoms with van der Waals surface area (Å²) < 4.78 is 0. The molecule has 1 amide bonds. The Morgan fingerprint density at radius 1 is 1.11 bits per heavy atom. The Hall–Kier alpha value is -0.220. The summed E-state index contributed by atoms with van der Waals surface area (Å²) in [6, 6.07) is 1.05. The van der Waals surface area contributed by atoms with Crippen molar-refractivity contribution in [1.29, 1.82) is 0 Å². The zero-order valence-corrected chi connectivity index (χ0v) is 11.9. The topological polar surface area (TPSA) is 32.3 Å². The van der Waals surface area contributed by atoms with Gasteiger partial charge in [0, 0.05) is 18.6 Å². The van der Waals surface area contributed by atoms with Gasteiger partial charge in [0.15, 0.2) is 0 Å². The quantitative estimate of drug-likeness (QED) is 0.831. The highest BCUT2D eigenvalue weighted by atomic mass is 32.2. The maximum Gasteiger partial charge on any atom is 0.235 e. The molecule has 18 heavy (non-hydrogen) atoms. The van der Waals surface area contributed by atoms with Crippen LogP contribution in [0.15, 0.2) is 0 Å². The average Bonchev–Trinajstić information content (AvgIpc) is 3.11. The van der Waals surface area contributed by atoms with Gasteiger partial charge < -0.3 is 10.2 Å². The van der Waals surface area contributed by atoms with E-state index >= 15 is 0 Å². The third kappa shape index (κ3) is 2.55. The number of hydrogen-bond donors (Lipinski definition) is 1. The Kier molecular flexibility index (Phi) is 4.14. The first-order chi connectivity index (χ1) is 8.86. The highest BCUT2D eigenvalue weighted by molar-refractivity contribution is 8.00. The van der Waals surface area contributed by atoms with Crippen molar-refractivity contribution in [2.75, 3.05) is 18.8 Å². The van der Waals surface area contributed by atoms with Crippen LogP contribution in [-0.2, 0) is 4.79 Å². The van der Waals surface area contributed by atoms with E-state index in [0.717, 1.165) is 19.5 Å². The standard InChI is InChI=1S/C14H24N2OS/c17-14(13-7-4-10-18-13)16-9-2-1-6-12(16)11-5-3-8-15-11/h11-13,15H,1-10H2. The van der Waals surface area contributed by atoms with Gasteiger partial charge in [-0.05, 0) is 57.2 Å². The zero-order chi connectivity index (χ0) is 12.4. The van der Waals surface area contributed by atoms with Crippen LogP contribution in [0.25, 0.3) is 0 Å². The van der Waals surface area contributed by atoms with Crippen LogP contribution in [0, 0.1) is 0 Å². The zero-order valence-electron chi connectivity index (χ0n) is 11.1. The van der Waals surface area contributed by atoms with Gasteiger partial charge in [-0.3, -0.25) is 4.79 Å². The number of carbonyl (C=O) groups is 1. The first-order valence-electron chi connectivity index (χ1n) is 7.52. The van der Waals surface area contributed by atoms with Gasteiger partial charge >= 0.3 is 0 Å². The SMILES string of the molecule is O=C(C1CCCS1)N1CCCCC1C1CCCN1. The molecule has 4 heteroatoms. The second kappa shape index (κ2) is 5.83. The first-order valence-corrected chi connectivity index (χ1v) is 8.56. The van der Waals surface area contributed by atoms with Crippen molar-refractivity contribution < 1.29 is 4.79 Å². The molecule has 0 bridgehead atoms. The molecular weight excluding hydrogens is 244 g/mol. The van der Waals surface area contributed by atoms with Gasteiger partial charge in [-0.25, -0.2) is 0 Å². The van der Waals surface area contributed by atoms with Gasteiger partial charge in [0.1, 0.15) is 0 Å². The van der Waals surface area contributed by atoms with Crippen LogP contribution < -0.4 is 5.32 Å². The lowest BCUT2D eigenvalue weighted by Gasteiger charge is -2.40. The number of piperidine rings is 1. The van der Waals surface area contributed by atoms with E-state index in [9.17, 15) is 4.79 Å². The molecule has 3 nitrogen and oxygen atoms in total. The predicted octanol–water partition coefficient (Wildman–Crippen LogP) is 2.02. The molecule has 0 aromatic rings. The van der Waals surface area contributed by atoms with E-state index in [1.165, 1.54) is 44.3 Å². The summed E-state index contributed by atoms with van der Waals surface area (Å²) in [4.78, 5) is 14.9. The average molecular weight is 268 g/mol. The third-order valence-electron chi connectivity index (χ3n) is 4.60. The van der Waals surface area contributed by atoms with E-state index in [1.807, 2.05) is 11.8 Å². The molecule has 3 aliphatic heterocycles. The van der Waals surface area contributed by atoms with Gasteiger partial charge in [-0.15, -0.1) is 11.8 Å². The first kappa shape index (κ1) is 12.8. The van der Waals surface area contributed by atoms with E-state index in [4.69, 9.17) is 0 Å².